The van der Waals surface area contributed by atoms with Gasteiger partial charge in [0.05, 0.1) is 34.9 Å². The molecule has 0 radical (unpaired) electrons. The van der Waals surface area contributed by atoms with Gasteiger partial charge in [-0.05, 0) is 51.7 Å². The third-order valence-electron chi connectivity index (χ3n) is 5.76. The second kappa shape index (κ2) is 12.3. The van der Waals surface area contributed by atoms with Crippen LogP contribution in [0.4, 0.5) is 0 Å². The summed E-state index contributed by atoms with van der Waals surface area (Å²) in [5, 5.41) is 0. The number of aliphatic imine (C=N–C) groups is 2. The third kappa shape index (κ3) is 7.24. The van der Waals surface area contributed by atoms with E-state index in [9.17, 15) is 0 Å². The second-order valence-electron chi connectivity index (χ2n) is 7.73. The van der Waals surface area contributed by atoms with Crippen LogP contribution in [0.15, 0.2) is 22.1 Å². The molecule has 27 heavy (non-hydrogen) atoms. The Morgan fingerprint density at radius 1 is 0.815 bits per heavy atom. The predicted octanol–water partition coefficient (Wildman–Crippen LogP) is 6.69. The fourth-order valence-corrected chi connectivity index (χ4v) is 4.34. The van der Waals surface area contributed by atoms with Crippen LogP contribution in [0.1, 0.15) is 89.4 Å². The summed E-state index contributed by atoms with van der Waals surface area (Å²) in [6.45, 7) is 4.34. The molecule has 154 valence electrons. The van der Waals surface area contributed by atoms with Crippen molar-refractivity contribution in [2.24, 2.45) is 17.0 Å². The van der Waals surface area contributed by atoms with Crippen LogP contribution in [-0.2, 0) is 20.2 Å². The van der Waals surface area contributed by atoms with Crippen molar-refractivity contribution in [3.63, 3.8) is 0 Å². The Bertz CT molecular complexity index is 576. The van der Waals surface area contributed by atoms with Gasteiger partial charge in [0.25, 0.3) is 0 Å². The SMILES string of the molecule is CC(=NC1CCCCC1)c1ccc(C(C)=NC2CCCCC2)n1C.[Cl][Fe][Cl]. The van der Waals surface area contributed by atoms with Crippen LogP contribution in [0, 0.1) is 0 Å². The van der Waals surface area contributed by atoms with Gasteiger partial charge >= 0.3 is 33.3 Å². The Kier molecular flexibility index (Phi) is 10.5. The Balaban J connectivity index is 0.000000817. The van der Waals surface area contributed by atoms with Crippen LogP contribution in [0.3, 0.4) is 0 Å². The Hall–Kier alpha value is -0.281. The molecule has 2 aliphatic rings. The van der Waals surface area contributed by atoms with Crippen LogP contribution >= 0.6 is 20.2 Å². The number of aromatic nitrogens is 1. The molecule has 2 aliphatic carbocycles. The Labute approximate surface area is 179 Å². The molecule has 2 saturated carbocycles. The summed E-state index contributed by atoms with van der Waals surface area (Å²) in [6, 6.07) is 5.51. The normalized spacial score (nSPS) is 20.5. The summed E-state index contributed by atoms with van der Waals surface area (Å²) >= 11 is 0.194. The molecule has 0 aromatic carbocycles. The topological polar surface area (TPSA) is 29.6 Å². The van der Waals surface area contributed by atoms with Crippen molar-refractivity contribution in [3.05, 3.63) is 23.5 Å². The number of halogens is 2. The number of hydrogen-bond acceptors (Lipinski definition) is 2. The zero-order valence-electron chi connectivity index (χ0n) is 16.8. The van der Waals surface area contributed by atoms with E-state index in [0.717, 1.165) is 0 Å². The third-order valence-corrected chi connectivity index (χ3v) is 5.76. The van der Waals surface area contributed by atoms with Gasteiger partial charge in [-0.25, -0.2) is 0 Å². The molecule has 3 rings (SSSR count). The fourth-order valence-electron chi connectivity index (χ4n) is 4.34. The van der Waals surface area contributed by atoms with E-state index < -0.39 is 0 Å². The van der Waals surface area contributed by atoms with E-state index in [4.69, 9.17) is 30.2 Å². The minimum atomic E-state index is 0.194. The van der Waals surface area contributed by atoms with Crippen LogP contribution in [0.25, 0.3) is 0 Å². The van der Waals surface area contributed by atoms with Gasteiger partial charge in [0, 0.05) is 7.05 Å². The summed E-state index contributed by atoms with van der Waals surface area (Å²) in [4.78, 5) is 10.0. The fraction of sp³-hybridized carbons (Fsp3) is 0.714. The summed E-state index contributed by atoms with van der Waals surface area (Å²) in [5.41, 5.74) is 4.85. The van der Waals surface area contributed by atoms with Crippen molar-refractivity contribution >= 4 is 31.6 Å². The zero-order valence-corrected chi connectivity index (χ0v) is 19.4. The summed E-state index contributed by atoms with van der Waals surface area (Å²) < 4.78 is 2.28. The van der Waals surface area contributed by atoms with Gasteiger partial charge in [-0.2, -0.15) is 0 Å². The first kappa shape index (κ1) is 23.0. The molecule has 0 atom stereocenters. The van der Waals surface area contributed by atoms with Crippen molar-refractivity contribution < 1.29 is 13.1 Å². The molecule has 0 saturated heterocycles. The summed E-state index contributed by atoms with van der Waals surface area (Å²) in [5.74, 6) is 0. The predicted molar refractivity (Wildman–Crippen MR) is 115 cm³/mol. The van der Waals surface area contributed by atoms with E-state index in [1.807, 2.05) is 0 Å². The average Bonchev–Trinajstić information content (AvgIpc) is 3.06. The van der Waals surface area contributed by atoms with E-state index in [-0.39, 0.29) is 13.1 Å². The Morgan fingerprint density at radius 3 is 1.48 bits per heavy atom. The first-order valence-corrected chi connectivity index (χ1v) is 13.2. The van der Waals surface area contributed by atoms with Crippen molar-refractivity contribution in [1.29, 1.82) is 0 Å². The quantitative estimate of drug-likeness (QED) is 0.359. The van der Waals surface area contributed by atoms with E-state index in [1.165, 1.54) is 87.0 Å². The van der Waals surface area contributed by atoms with Gasteiger partial charge in [-0.1, -0.05) is 38.5 Å². The maximum atomic E-state index is 5.01. The molecule has 2 fully saturated rings. The molecule has 6 heteroatoms. The van der Waals surface area contributed by atoms with Crippen molar-refractivity contribution in [3.8, 4) is 0 Å². The zero-order chi connectivity index (χ0) is 19.6. The molecule has 0 unspecified atom stereocenters. The molecule has 1 aromatic rings. The first-order valence-electron chi connectivity index (χ1n) is 10.2. The van der Waals surface area contributed by atoms with Gasteiger partial charge in [0.1, 0.15) is 0 Å². The number of nitrogens with zero attached hydrogens (tertiary/aromatic N) is 3. The first-order chi connectivity index (χ1) is 13.1. The van der Waals surface area contributed by atoms with Crippen molar-refractivity contribution in [1.82, 2.24) is 4.57 Å². The monoisotopic (exact) mass is 453 g/mol. The second-order valence-corrected chi connectivity index (χ2v) is 9.55. The van der Waals surface area contributed by atoms with Crippen molar-refractivity contribution in [2.45, 2.75) is 90.1 Å². The average molecular weight is 454 g/mol. The summed E-state index contributed by atoms with van der Waals surface area (Å²) in [6.07, 6.45) is 13.2. The molecule has 1 aromatic heterocycles. The minimum absolute atomic E-state index is 0.194. The van der Waals surface area contributed by atoms with Crippen molar-refractivity contribution in [2.75, 3.05) is 0 Å². The molecule has 0 spiro atoms. The van der Waals surface area contributed by atoms with Crippen LogP contribution < -0.4 is 0 Å². The van der Waals surface area contributed by atoms with Crippen LogP contribution in [0.2, 0.25) is 0 Å². The van der Waals surface area contributed by atoms with Gasteiger partial charge in [0.2, 0.25) is 0 Å². The maximum absolute atomic E-state index is 5.01. The molecule has 1 heterocycles. The molecule has 0 aliphatic heterocycles. The van der Waals surface area contributed by atoms with Crippen LogP contribution in [0.5, 0.6) is 0 Å². The van der Waals surface area contributed by atoms with E-state index in [1.54, 1.807) is 0 Å². The number of hydrogen-bond donors (Lipinski definition) is 0. The van der Waals surface area contributed by atoms with Gasteiger partial charge in [-0.3, -0.25) is 9.98 Å². The molecule has 0 bridgehead atoms. The van der Waals surface area contributed by atoms with Crippen LogP contribution in [-0.4, -0.2) is 28.1 Å². The van der Waals surface area contributed by atoms with E-state index in [2.05, 4.69) is 37.6 Å². The summed E-state index contributed by atoms with van der Waals surface area (Å²) in [7, 11) is 11.7. The molecular weight excluding hydrogens is 421 g/mol. The molecule has 3 nitrogen and oxygen atoms in total. The standard InChI is InChI=1S/C21H33N3.2ClH.Fe/c1-16(22-18-10-6-4-7-11-18)20-14-15-21(24(20)3)17(2)23-19-12-8-5-9-13-19;;;/h14-15,18-19H,4-13H2,1-3H3;2*1H;/q;;;+2/p-2. The van der Waals surface area contributed by atoms with Gasteiger partial charge < -0.3 is 4.57 Å². The molecular formula is C21H33Cl2FeN3. The molecule has 0 N–H and O–H groups in total. The number of rotatable bonds is 4. The Morgan fingerprint density at radius 2 is 1.15 bits per heavy atom. The van der Waals surface area contributed by atoms with Gasteiger partial charge in [0.15, 0.2) is 0 Å². The van der Waals surface area contributed by atoms with Gasteiger partial charge in [-0.15, -0.1) is 0 Å². The van der Waals surface area contributed by atoms with E-state index in [0.29, 0.717) is 12.1 Å². The molecule has 0 amide bonds. The van der Waals surface area contributed by atoms with E-state index >= 15 is 0 Å².